The highest BCUT2D eigenvalue weighted by atomic mass is 16.3. The van der Waals surface area contributed by atoms with E-state index in [1.54, 1.807) is 18.2 Å². The molecule has 0 unspecified atom stereocenters. The normalized spacial score (nSPS) is 10.5. The van der Waals surface area contributed by atoms with Crippen molar-refractivity contribution in [3.05, 3.63) is 84.1 Å². The summed E-state index contributed by atoms with van der Waals surface area (Å²) in [6.45, 7) is 0. The molecule has 1 N–H and O–H groups in total. The Morgan fingerprint density at radius 2 is 1.80 bits per heavy atom. The Labute approximate surface area is 146 Å². The summed E-state index contributed by atoms with van der Waals surface area (Å²) in [6.07, 6.45) is 3.42. The molecule has 122 valence electrons. The van der Waals surface area contributed by atoms with Crippen molar-refractivity contribution in [2.24, 2.45) is 0 Å². The largest absolute Gasteiger partial charge is 0.457 e. The van der Waals surface area contributed by atoms with E-state index in [-0.39, 0.29) is 5.91 Å². The third-order valence-corrected chi connectivity index (χ3v) is 3.59. The zero-order chi connectivity index (χ0) is 17.5. The zero-order valence-electron chi connectivity index (χ0n) is 13.5. The van der Waals surface area contributed by atoms with Gasteiger partial charge in [-0.25, -0.2) is 0 Å². The molecule has 1 heterocycles. The first-order valence-corrected chi connectivity index (χ1v) is 7.85. The number of furan rings is 1. The number of rotatable bonds is 5. The topological polar surface area (TPSA) is 66.0 Å². The number of carbonyl (C=O) groups is 1. The van der Waals surface area contributed by atoms with E-state index in [2.05, 4.69) is 11.4 Å². The minimum atomic E-state index is -0.245. The van der Waals surface area contributed by atoms with Crippen molar-refractivity contribution in [3.8, 4) is 17.4 Å². The van der Waals surface area contributed by atoms with Crippen molar-refractivity contribution in [2.45, 2.75) is 6.42 Å². The van der Waals surface area contributed by atoms with Gasteiger partial charge in [0, 0.05) is 17.3 Å². The molecule has 0 atom stereocenters. The Morgan fingerprint density at radius 1 is 1.04 bits per heavy atom. The number of nitriles is 1. The summed E-state index contributed by atoms with van der Waals surface area (Å²) in [5.74, 6) is 1.12. The highest BCUT2D eigenvalue weighted by Gasteiger charge is 2.03. The van der Waals surface area contributed by atoms with Crippen molar-refractivity contribution in [1.82, 2.24) is 0 Å². The third-order valence-electron chi connectivity index (χ3n) is 3.59. The van der Waals surface area contributed by atoms with Crippen LogP contribution in [0.15, 0.2) is 77.2 Å². The number of amides is 1. The molecule has 3 rings (SSSR count). The van der Waals surface area contributed by atoms with Gasteiger partial charge < -0.3 is 9.73 Å². The Morgan fingerprint density at radius 3 is 2.52 bits per heavy atom. The lowest BCUT2D eigenvalue weighted by Crippen LogP contribution is -2.07. The Hall–Kier alpha value is -3.58. The van der Waals surface area contributed by atoms with Gasteiger partial charge in [-0.15, -0.1) is 0 Å². The smallest absolute Gasteiger partial charge is 0.248 e. The minimum Gasteiger partial charge on any atom is -0.457 e. The molecule has 0 radical (unpaired) electrons. The van der Waals surface area contributed by atoms with Gasteiger partial charge in [0.05, 0.1) is 12.5 Å². The van der Waals surface area contributed by atoms with Gasteiger partial charge >= 0.3 is 0 Å². The fourth-order valence-electron chi connectivity index (χ4n) is 2.34. The standard InChI is InChI=1S/C21H16N2O2/c22-15-14-16-6-8-18(9-7-16)23-21(24)13-11-19-10-12-20(25-19)17-4-2-1-3-5-17/h1-13H,14H2,(H,23,24)/b13-11+. The summed E-state index contributed by atoms with van der Waals surface area (Å²) in [5.41, 5.74) is 2.59. The third kappa shape index (κ3) is 4.46. The van der Waals surface area contributed by atoms with Gasteiger partial charge in [-0.3, -0.25) is 4.79 Å². The van der Waals surface area contributed by atoms with Gasteiger partial charge in [-0.1, -0.05) is 42.5 Å². The molecule has 1 amide bonds. The van der Waals surface area contributed by atoms with E-state index in [1.165, 1.54) is 6.08 Å². The van der Waals surface area contributed by atoms with E-state index >= 15 is 0 Å². The van der Waals surface area contributed by atoms with Crippen molar-refractivity contribution in [2.75, 3.05) is 5.32 Å². The monoisotopic (exact) mass is 328 g/mol. The molecule has 0 saturated heterocycles. The van der Waals surface area contributed by atoms with E-state index in [4.69, 9.17) is 9.68 Å². The van der Waals surface area contributed by atoms with Crippen LogP contribution in [0.5, 0.6) is 0 Å². The maximum absolute atomic E-state index is 12.0. The van der Waals surface area contributed by atoms with Crippen LogP contribution in [0, 0.1) is 11.3 Å². The summed E-state index contributed by atoms with van der Waals surface area (Å²) in [7, 11) is 0. The second-order valence-corrected chi connectivity index (χ2v) is 5.42. The molecular weight excluding hydrogens is 312 g/mol. The number of nitrogens with zero attached hydrogens (tertiary/aromatic N) is 1. The highest BCUT2D eigenvalue weighted by Crippen LogP contribution is 2.22. The second kappa shape index (κ2) is 7.80. The summed E-state index contributed by atoms with van der Waals surface area (Å²) in [6, 6.07) is 22.8. The number of hydrogen-bond acceptors (Lipinski definition) is 3. The highest BCUT2D eigenvalue weighted by molar-refractivity contribution is 6.01. The van der Waals surface area contributed by atoms with E-state index < -0.39 is 0 Å². The molecular formula is C21H16N2O2. The molecule has 4 heteroatoms. The predicted octanol–water partition coefficient (Wildman–Crippen LogP) is 4.66. The summed E-state index contributed by atoms with van der Waals surface area (Å²) >= 11 is 0. The first-order chi connectivity index (χ1) is 12.2. The zero-order valence-corrected chi connectivity index (χ0v) is 13.5. The number of hydrogen-bond donors (Lipinski definition) is 1. The van der Waals surface area contributed by atoms with E-state index in [9.17, 15) is 4.79 Å². The van der Waals surface area contributed by atoms with E-state index in [1.807, 2.05) is 54.6 Å². The quantitative estimate of drug-likeness (QED) is 0.692. The average Bonchev–Trinajstić information content (AvgIpc) is 3.12. The number of nitrogens with one attached hydrogen (secondary N) is 1. The fourth-order valence-corrected chi connectivity index (χ4v) is 2.34. The minimum absolute atomic E-state index is 0.245. The molecule has 4 nitrogen and oxygen atoms in total. The van der Waals surface area contributed by atoms with Crippen LogP contribution >= 0.6 is 0 Å². The molecule has 0 bridgehead atoms. The molecule has 2 aromatic carbocycles. The summed E-state index contributed by atoms with van der Waals surface area (Å²) in [5, 5.41) is 11.4. The lowest BCUT2D eigenvalue weighted by Gasteiger charge is -2.02. The number of benzene rings is 2. The molecule has 25 heavy (non-hydrogen) atoms. The molecule has 1 aromatic heterocycles. The van der Waals surface area contributed by atoms with Crippen LogP contribution < -0.4 is 5.32 Å². The van der Waals surface area contributed by atoms with Gasteiger partial charge in [0.15, 0.2) is 0 Å². The molecule has 0 aliphatic carbocycles. The van der Waals surface area contributed by atoms with Gasteiger partial charge in [-0.05, 0) is 35.9 Å². The molecule has 0 fully saturated rings. The molecule has 0 saturated carbocycles. The van der Waals surface area contributed by atoms with Crippen LogP contribution in [-0.2, 0) is 11.2 Å². The Bertz CT molecular complexity index is 917. The van der Waals surface area contributed by atoms with Crippen LogP contribution in [0.1, 0.15) is 11.3 Å². The van der Waals surface area contributed by atoms with Crippen molar-refractivity contribution >= 4 is 17.7 Å². The SMILES string of the molecule is N#CCc1ccc(NC(=O)/C=C/c2ccc(-c3ccccc3)o2)cc1. The Kier molecular flexibility index (Phi) is 5.08. The maximum atomic E-state index is 12.0. The van der Waals surface area contributed by atoms with Crippen molar-refractivity contribution < 1.29 is 9.21 Å². The average molecular weight is 328 g/mol. The van der Waals surface area contributed by atoms with Gasteiger partial charge in [0.2, 0.25) is 5.91 Å². The molecule has 0 aliphatic heterocycles. The van der Waals surface area contributed by atoms with E-state index in [0.29, 0.717) is 17.9 Å². The van der Waals surface area contributed by atoms with Crippen LogP contribution in [0.3, 0.4) is 0 Å². The van der Waals surface area contributed by atoms with Crippen LogP contribution in [0.25, 0.3) is 17.4 Å². The van der Waals surface area contributed by atoms with Crippen LogP contribution in [-0.4, -0.2) is 5.91 Å². The van der Waals surface area contributed by atoms with Gasteiger partial charge in [0.1, 0.15) is 11.5 Å². The Balaban J connectivity index is 1.61. The lowest BCUT2D eigenvalue weighted by molar-refractivity contribution is -0.111. The predicted molar refractivity (Wildman–Crippen MR) is 97.6 cm³/mol. The lowest BCUT2D eigenvalue weighted by atomic mass is 10.1. The first kappa shape index (κ1) is 16.3. The fraction of sp³-hybridized carbons (Fsp3) is 0.0476. The molecule has 3 aromatic rings. The second-order valence-electron chi connectivity index (χ2n) is 5.42. The molecule has 0 spiro atoms. The van der Waals surface area contributed by atoms with Crippen LogP contribution in [0.4, 0.5) is 5.69 Å². The van der Waals surface area contributed by atoms with Crippen molar-refractivity contribution in [1.29, 1.82) is 5.26 Å². The maximum Gasteiger partial charge on any atom is 0.248 e. The van der Waals surface area contributed by atoms with E-state index in [0.717, 1.165) is 16.9 Å². The van der Waals surface area contributed by atoms with Gasteiger partial charge in [-0.2, -0.15) is 5.26 Å². The summed E-state index contributed by atoms with van der Waals surface area (Å²) < 4.78 is 5.72. The first-order valence-electron chi connectivity index (χ1n) is 7.85. The van der Waals surface area contributed by atoms with Crippen LogP contribution in [0.2, 0.25) is 0 Å². The molecule has 0 aliphatic rings. The number of anilines is 1. The number of carbonyl (C=O) groups excluding carboxylic acids is 1. The van der Waals surface area contributed by atoms with Gasteiger partial charge in [0.25, 0.3) is 0 Å². The van der Waals surface area contributed by atoms with Crippen molar-refractivity contribution in [3.63, 3.8) is 0 Å². The summed E-state index contributed by atoms with van der Waals surface area (Å²) in [4.78, 5) is 12.0.